The molecule has 2 heterocycles. The van der Waals surface area contributed by atoms with Crippen LogP contribution >= 0.6 is 11.3 Å². The Hall–Kier alpha value is -1.17. The Morgan fingerprint density at radius 3 is 3.11 bits per heavy atom. The highest BCUT2D eigenvalue weighted by atomic mass is 32.1. The van der Waals surface area contributed by atoms with Crippen LogP contribution in [0, 0.1) is 0 Å². The number of nitrogens with one attached hydrogen (secondary N) is 1. The summed E-state index contributed by atoms with van der Waals surface area (Å²) in [6, 6.07) is 4.48. The van der Waals surface area contributed by atoms with Crippen molar-refractivity contribution in [3.8, 4) is 10.7 Å². The number of hydrogen-bond donors (Lipinski definition) is 1. The molecule has 0 radical (unpaired) electrons. The molecule has 0 aliphatic heterocycles. The molecule has 0 saturated carbocycles. The van der Waals surface area contributed by atoms with Crippen molar-refractivity contribution < 1.29 is 4.74 Å². The SMILES string of the molecule is CCCNC(COC)Cn1ccnc1-c1cccs1. The van der Waals surface area contributed by atoms with Crippen molar-refractivity contribution in [2.45, 2.75) is 25.9 Å². The Morgan fingerprint density at radius 2 is 2.42 bits per heavy atom. The molecule has 0 aromatic carbocycles. The lowest BCUT2D eigenvalue weighted by atomic mass is 10.3. The lowest BCUT2D eigenvalue weighted by Crippen LogP contribution is -2.37. The molecular weight excluding hydrogens is 258 g/mol. The summed E-state index contributed by atoms with van der Waals surface area (Å²) in [6.07, 6.45) is 5.02. The van der Waals surface area contributed by atoms with Crippen LogP contribution in [0.4, 0.5) is 0 Å². The van der Waals surface area contributed by atoms with Gasteiger partial charge in [-0.15, -0.1) is 11.3 Å². The van der Waals surface area contributed by atoms with E-state index in [1.807, 2.05) is 12.4 Å². The molecule has 4 nitrogen and oxygen atoms in total. The second-order valence-corrected chi connectivity index (χ2v) is 5.43. The van der Waals surface area contributed by atoms with Gasteiger partial charge in [0.05, 0.1) is 11.5 Å². The molecule has 0 saturated heterocycles. The van der Waals surface area contributed by atoms with E-state index in [0.29, 0.717) is 12.6 Å². The first-order valence-electron chi connectivity index (χ1n) is 6.62. The third-order valence-electron chi connectivity index (χ3n) is 2.92. The van der Waals surface area contributed by atoms with Crippen LogP contribution in [-0.2, 0) is 11.3 Å². The number of thiophene rings is 1. The van der Waals surface area contributed by atoms with Crippen molar-refractivity contribution in [2.75, 3.05) is 20.3 Å². The van der Waals surface area contributed by atoms with Crippen molar-refractivity contribution in [1.29, 1.82) is 0 Å². The maximum Gasteiger partial charge on any atom is 0.150 e. The number of ether oxygens (including phenoxy) is 1. The quantitative estimate of drug-likeness (QED) is 0.807. The van der Waals surface area contributed by atoms with Gasteiger partial charge >= 0.3 is 0 Å². The minimum atomic E-state index is 0.317. The molecular formula is C14H21N3OS. The van der Waals surface area contributed by atoms with Crippen LogP contribution in [0.3, 0.4) is 0 Å². The monoisotopic (exact) mass is 279 g/mol. The molecule has 19 heavy (non-hydrogen) atoms. The first kappa shape index (κ1) is 14.2. The highest BCUT2D eigenvalue weighted by Crippen LogP contribution is 2.22. The van der Waals surface area contributed by atoms with Gasteiger partial charge in [0, 0.05) is 32.1 Å². The largest absolute Gasteiger partial charge is 0.383 e. The summed E-state index contributed by atoms with van der Waals surface area (Å²) in [5.74, 6) is 1.04. The lowest BCUT2D eigenvalue weighted by Gasteiger charge is -2.19. The Balaban J connectivity index is 2.06. The summed E-state index contributed by atoms with van der Waals surface area (Å²) in [4.78, 5) is 5.66. The number of nitrogens with zero attached hydrogens (tertiary/aromatic N) is 2. The molecule has 1 N–H and O–H groups in total. The highest BCUT2D eigenvalue weighted by molar-refractivity contribution is 7.13. The van der Waals surface area contributed by atoms with Gasteiger partial charge in [-0.3, -0.25) is 0 Å². The molecule has 0 spiro atoms. The molecule has 1 unspecified atom stereocenters. The molecule has 5 heteroatoms. The minimum absolute atomic E-state index is 0.317. The van der Waals surface area contributed by atoms with Gasteiger partial charge in [0.25, 0.3) is 0 Å². The molecule has 0 fully saturated rings. The van der Waals surface area contributed by atoms with Crippen LogP contribution in [0.5, 0.6) is 0 Å². The molecule has 2 aromatic rings. The highest BCUT2D eigenvalue weighted by Gasteiger charge is 2.12. The Kier molecular flexibility index (Phi) is 5.57. The van der Waals surface area contributed by atoms with Crippen LogP contribution < -0.4 is 5.32 Å². The summed E-state index contributed by atoms with van der Waals surface area (Å²) in [6.45, 7) is 4.77. The van der Waals surface area contributed by atoms with Gasteiger partial charge in [0.1, 0.15) is 5.82 Å². The number of methoxy groups -OCH3 is 1. The van der Waals surface area contributed by atoms with Gasteiger partial charge in [-0.25, -0.2) is 4.98 Å². The van der Waals surface area contributed by atoms with Crippen molar-refractivity contribution in [3.63, 3.8) is 0 Å². The fourth-order valence-corrected chi connectivity index (χ4v) is 2.79. The summed E-state index contributed by atoms with van der Waals surface area (Å²) in [5, 5.41) is 5.59. The fourth-order valence-electron chi connectivity index (χ4n) is 2.05. The Bertz CT molecular complexity index is 467. The zero-order valence-corrected chi connectivity index (χ0v) is 12.3. The van der Waals surface area contributed by atoms with Crippen molar-refractivity contribution in [1.82, 2.24) is 14.9 Å². The molecule has 2 rings (SSSR count). The van der Waals surface area contributed by atoms with Crippen LogP contribution in [0.2, 0.25) is 0 Å². The number of rotatable bonds is 8. The lowest BCUT2D eigenvalue weighted by molar-refractivity contribution is 0.159. The van der Waals surface area contributed by atoms with E-state index in [2.05, 4.69) is 39.3 Å². The zero-order chi connectivity index (χ0) is 13.5. The van der Waals surface area contributed by atoms with Crippen molar-refractivity contribution in [2.24, 2.45) is 0 Å². The van der Waals surface area contributed by atoms with Gasteiger partial charge < -0.3 is 14.6 Å². The number of aromatic nitrogens is 2. The molecule has 0 aliphatic carbocycles. The summed E-state index contributed by atoms with van der Waals surface area (Å²) < 4.78 is 7.48. The van der Waals surface area contributed by atoms with Gasteiger partial charge in [-0.05, 0) is 24.4 Å². The summed E-state index contributed by atoms with van der Waals surface area (Å²) >= 11 is 1.72. The summed E-state index contributed by atoms with van der Waals surface area (Å²) in [7, 11) is 1.74. The summed E-state index contributed by atoms with van der Waals surface area (Å²) in [5.41, 5.74) is 0. The third kappa shape index (κ3) is 3.89. The molecule has 0 amide bonds. The topological polar surface area (TPSA) is 39.1 Å². The third-order valence-corrected chi connectivity index (χ3v) is 3.79. The molecule has 104 valence electrons. The zero-order valence-electron chi connectivity index (χ0n) is 11.5. The maximum atomic E-state index is 5.29. The Labute approximate surface area is 118 Å². The van der Waals surface area contributed by atoms with E-state index in [-0.39, 0.29) is 0 Å². The van der Waals surface area contributed by atoms with E-state index in [1.165, 1.54) is 4.88 Å². The van der Waals surface area contributed by atoms with Crippen LogP contribution in [0.15, 0.2) is 29.9 Å². The average molecular weight is 279 g/mol. The molecule has 0 bridgehead atoms. The van der Waals surface area contributed by atoms with Crippen LogP contribution in [0.25, 0.3) is 10.7 Å². The predicted molar refractivity (Wildman–Crippen MR) is 79.5 cm³/mol. The van der Waals surface area contributed by atoms with Gasteiger partial charge in [-0.2, -0.15) is 0 Å². The minimum Gasteiger partial charge on any atom is -0.383 e. The van der Waals surface area contributed by atoms with Gasteiger partial charge in [-0.1, -0.05) is 13.0 Å². The van der Waals surface area contributed by atoms with Gasteiger partial charge in [0.2, 0.25) is 0 Å². The fraction of sp³-hybridized carbons (Fsp3) is 0.500. The maximum absolute atomic E-state index is 5.29. The van der Waals surface area contributed by atoms with E-state index >= 15 is 0 Å². The van der Waals surface area contributed by atoms with Gasteiger partial charge in [0.15, 0.2) is 0 Å². The normalized spacial score (nSPS) is 12.7. The van der Waals surface area contributed by atoms with E-state index in [9.17, 15) is 0 Å². The van der Waals surface area contributed by atoms with E-state index < -0.39 is 0 Å². The van der Waals surface area contributed by atoms with E-state index in [0.717, 1.165) is 25.3 Å². The first-order chi connectivity index (χ1) is 9.35. The molecule has 0 aliphatic rings. The molecule has 2 aromatic heterocycles. The first-order valence-corrected chi connectivity index (χ1v) is 7.50. The standard InChI is InChI=1S/C14H21N3OS/c1-3-6-15-12(11-18-2)10-17-8-7-16-14(17)13-5-4-9-19-13/h4-5,7-9,12,15H,3,6,10-11H2,1-2H3. The van der Waals surface area contributed by atoms with Crippen molar-refractivity contribution in [3.05, 3.63) is 29.9 Å². The van der Waals surface area contributed by atoms with E-state index in [4.69, 9.17) is 4.74 Å². The average Bonchev–Trinajstić information content (AvgIpc) is 3.06. The smallest absolute Gasteiger partial charge is 0.150 e. The Morgan fingerprint density at radius 1 is 1.53 bits per heavy atom. The predicted octanol–water partition coefficient (Wildman–Crippen LogP) is 2.63. The second-order valence-electron chi connectivity index (χ2n) is 4.49. The van der Waals surface area contributed by atoms with Crippen LogP contribution in [0.1, 0.15) is 13.3 Å². The number of imidazole rings is 1. The number of hydrogen-bond acceptors (Lipinski definition) is 4. The van der Waals surface area contributed by atoms with E-state index in [1.54, 1.807) is 18.4 Å². The molecule has 1 atom stereocenters. The van der Waals surface area contributed by atoms with Crippen molar-refractivity contribution >= 4 is 11.3 Å². The van der Waals surface area contributed by atoms with Crippen LogP contribution in [-0.4, -0.2) is 35.9 Å². The second kappa shape index (κ2) is 7.43.